The number of fused-ring (bicyclic) bond motifs is 1. The molecule has 1 saturated heterocycles. The van der Waals surface area contributed by atoms with Crippen LogP contribution in [0.5, 0.6) is 0 Å². The summed E-state index contributed by atoms with van der Waals surface area (Å²) in [6.45, 7) is 1.95. The first kappa shape index (κ1) is 25.0. The summed E-state index contributed by atoms with van der Waals surface area (Å²) in [6, 6.07) is 22.6. The first-order valence-corrected chi connectivity index (χ1v) is 12.5. The summed E-state index contributed by atoms with van der Waals surface area (Å²) in [4.78, 5) is 39.3. The van der Waals surface area contributed by atoms with Crippen molar-refractivity contribution in [1.82, 2.24) is 9.47 Å². The molecule has 1 fully saturated rings. The Labute approximate surface area is 222 Å². The van der Waals surface area contributed by atoms with Crippen LogP contribution in [-0.2, 0) is 16.1 Å². The second-order valence-corrected chi connectivity index (χ2v) is 9.69. The van der Waals surface area contributed by atoms with E-state index in [0.29, 0.717) is 17.8 Å². The van der Waals surface area contributed by atoms with Gasteiger partial charge in [0.05, 0.1) is 16.5 Å². The second kappa shape index (κ2) is 10.4. The van der Waals surface area contributed by atoms with Gasteiger partial charge in [0.1, 0.15) is 12.4 Å². The highest BCUT2D eigenvalue weighted by Gasteiger charge is 2.36. The van der Waals surface area contributed by atoms with E-state index in [-0.39, 0.29) is 4.91 Å². The maximum atomic E-state index is 13.1. The molecule has 38 heavy (non-hydrogen) atoms. The molecular weight excluding hydrogens is 503 g/mol. The third-order valence-corrected chi connectivity index (χ3v) is 7.23. The number of aromatic nitrogens is 1. The molecule has 1 aliphatic heterocycles. The molecule has 3 aromatic carbocycles. The van der Waals surface area contributed by atoms with Crippen LogP contribution >= 0.6 is 11.8 Å². The summed E-state index contributed by atoms with van der Waals surface area (Å²) in [5.74, 6) is -1.56. The quantitative estimate of drug-likeness (QED) is 0.327. The Hall–Kier alpha value is -4.68. The maximum Gasteiger partial charge on any atom is 0.294 e. The van der Waals surface area contributed by atoms with Crippen LogP contribution in [0.1, 0.15) is 22.4 Å². The molecular formula is C29H21FN4O3S. The van der Waals surface area contributed by atoms with Gasteiger partial charge in [0, 0.05) is 34.4 Å². The number of carbonyl (C=O) groups excluding carboxylic acids is 3. The molecule has 0 unspecified atom stereocenters. The van der Waals surface area contributed by atoms with Crippen LogP contribution in [-0.4, -0.2) is 33.1 Å². The number of hydrogen-bond acceptors (Lipinski definition) is 5. The van der Waals surface area contributed by atoms with Crippen LogP contribution in [0.15, 0.2) is 77.7 Å². The van der Waals surface area contributed by atoms with Crippen LogP contribution in [0.4, 0.5) is 14.9 Å². The van der Waals surface area contributed by atoms with Crippen LogP contribution in [0.25, 0.3) is 17.0 Å². The number of anilines is 1. The van der Waals surface area contributed by atoms with E-state index < -0.39 is 29.4 Å². The average Bonchev–Trinajstić information content (AvgIpc) is 3.33. The average molecular weight is 525 g/mol. The summed E-state index contributed by atoms with van der Waals surface area (Å²) in [7, 11) is 0. The Morgan fingerprint density at radius 3 is 2.53 bits per heavy atom. The van der Waals surface area contributed by atoms with Gasteiger partial charge >= 0.3 is 0 Å². The first-order valence-electron chi connectivity index (χ1n) is 11.7. The fourth-order valence-electron chi connectivity index (χ4n) is 4.43. The van der Waals surface area contributed by atoms with E-state index in [1.54, 1.807) is 12.1 Å². The highest BCUT2D eigenvalue weighted by Crippen LogP contribution is 2.36. The van der Waals surface area contributed by atoms with Gasteiger partial charge in [-0.05, 0) is 66.7 Å². The van der Waals surface area contributed by atoms with Crippen molar-refractivity contribution in [3.63, 3.8) is 0 Å². The second-order valence-electron chi connectivity index (χ2n) is 8.69. The van der Waals surface area contributed by atoms with E-state index in [9.17, 15) is 24.0 Å². The molecule has 1 N–H and O–H groups in total. The number of nitrogens with zero attached hydrogens (tertiary/aromatic N) is 3. The highest BCUT2D eigenvalue weighted by molar-refractivity contribution is 8.18. The molecule has 7 nitrogen and oxygen atoms in total. The topological polar surface area (TPSA) is 95.2 Å². The smallest absolute Gasteiger partial charge is 0.294 e. The number of imide groups is 1. The van der Waals surface area contributed by atoms with Crippen molar-refractivity contribution in [2.45, 2.75) is 13.5 Å². The molecule has 5 rings (SSSR count). The van der Waals surface area contributed by atoms with Crippen molar-refractivity contribution >= 4 is 51.5 Å². The van der Waals surface area contributed by atoms with Crippen LogP contribution in [0.3, 0.4) is 0 Å². The largest absolute Gasteiger partial charge is 0.340 e. The predicted molar refractivity (Wildman–Crippen MR) is 145 cm³/mol. The molecule has 0 spiro atoms. The van der Waals surface area contributed by atoms with Crippen LogP contribution in [0.2, 0.25) is 0 Å². The fraction of sp³-hybridized carbons (Fsp3) is 0.103. The van der Waals surface area contributed by atoms with E-state index in [0.717, 1.165) is 44.4 Å². The molecule has 0 saturated carbocycles. The minimum atomic E-state index is -0.566. The van der Waals surface area contributed by atoms with Crippen molar-refractivity contribution in [1.29, 1.82) is 5.26 Å². The number of hydrogen-bond donors (Lipinski definition) is 1. The lowest BCUT2D eigenvalue weighted by atomic mass is 10.1. The molecule has 0 bridgehead atoms. The molecule has 9 heteroatoms. The summed E-state index contributed by atoms with van der Waals surface area (Å²) in [5, 5.41) is 12.4. The number of carbonyl (C=O) groups is 3. The SMILES string of the molecule is Cc1c(/C=C2\SC(=O)N(CC(=O)Nc3ccc(F)cc3)C2=O)c2ccccc2n1Cc1ccccc1C#N. The van der Waals surface area contributed by atoms with Crippen molar-refractivity contribution in [3.05, 3.63) is 106 Å². The fourth-order valence-corrected chi connectivity index (χ4v) is 5.25. The normalized spacial score (nSPS) is 14.3. The third-order valence-electron chi connectivity index (χ3n) is 6.32. The van der Waals surface area contributed by atoms with Crippen molar-refractivity contribution in [3.8, 4) is 6.07 Å². The van der Waals surface area contributed by atoms with Gasteiger partial charge in [-0.25, -0.2) is 4.39 Å². The molecule has 1 aromatic heterocycles. The molecule has 3 amide bonds. The van der Waals surface area contributed by atoms with E-state index >= 15 is 0 Å². The summed E-state index contributed by atoms with van der Waals surface area (Å²) < 4.78 is 15.2. The van der Waals surface area contributed by atoms with Gasteiger partial charge in [0.25, 0.3) is 11.1 Å². The maximum absolute atomic E-state index is 13.1. The molecule has 0 radical (unpaired) electrons. The zero-order chi connectivity index (χ0) is 26.8. The zero-order valence-electron chi connectivity index (χ0n) is 20.3. The molecule has 188 valence electrons. The Morgan fingerprint density at radius 1 is 1.05 bits per heavy atom. The van der Waals surface area contributed by atoms with Gasteiger partial charge in [0.2, 0.25) is 5.91 Å². The number of rotatable bonds is 6. The number of halogens is 1. The minimum absolute atomic E-state index is 0.216. The van der Waals surface area contributed by atoms with Crippen LogP contribution in [0, 0.1) is 24.1 Å². The molecule has 0 atom stereocenters. The molecule has 4 aromatic rings. The molecule has 1 aliphatic rings. The van der Waals surface area contributed by atoms with Gasteiger partial charge < -0.3 is 9.88 Å². The highest BCUT2D eigenvalue weighted by atomic mass is 32.2. The van der Waals surface area contributed by atoms with E-state index in [1.165, 1.54) is 24.3 Å². The number of nitriles is 1. The van der Waals surface area contributed by atoms with Gasteiger partial charge in [-0.3, -0.25) is 19.3 Å². The van der Waals surface area contributed by atoms with E-state index in [2.05, 4.69) is 16.0 Å². The minimum Gasteiger partial charge on any atom is -0.340 e. The van der Waals surface area contributed by atoms with Gasteiger partial charge in [-0.1, -0.05) is 36.4 Å². The Bertz CT molecular complexity index is 1670. The molecule has 2 heterocycles. The number of para-hydroxylation sites is 1. The van der Waals surface area contributed by atoms with Gasteiger partial charge in [0.15, 0.2) is 0 Å². The van der Waals surface area contributed by atoms with E-state index in [4.69, 9.17) is 0 Å². The standard InChI is InChI=1S/C29H21FN4O3S/c1-18-24(23-8-4-5-9-25(23)33(18)16-20-7-3-2-6-19(20)15-31)14-26-28(36)34(29(37)38-26)17-27(35)32-22-12-10-21(30)11-13-22/h2-14H,16-17H2,1H3,(H,32,35)/b26-14-. The molecule has 0 aliphatic carbocycles. The lowest BCUT2D eigenvalue weighted by molar-refractivity contribution is -0.127. The number of benzene rings is 3. The van der Waals surface area contributed by atoms with Crippen molar-refractivity contribution in [2.75, 3.05) is 11.9 Å². The first-order chi connectivity index (χ1) is 18.4. The van der Waals surface area contributed by atoms with Gasteiger partial charge in [-0.2, -0.15) is 5.26 Å². The van der Waals surface area contributed by atoms with Crippen molar-refractivity contribution < 1.29 is 18.8 Å². The summed E-state index contributed by atoms with van der Waals surface area (Å²) in [6.07, 6.45) is 1.69. The number of nitrogens with one attached hydrogen (secondary N) is 1. The lowest BCUT2D eigenvalue weighted by Gasteiger charge is -2.12. The van der Waals surface area contributed by atoms with Crippen LogP contribution < -0.4 is 5.32 Å². The lowest BCUT2D eigenvalue weighted by Crippen LogP contribution is -2.36. The monoisotopic (exact) mass is 524 g/mol. The Balaban J connectivity index is 1.43. The third kappa shape index (κ3) is 4.82. The zero-order valence-corrected chi connectivity index (χ0v) is 21.1. The van der Waals surface area contributed by atoms with Crippen molar-refractivity contribution in [2.24, 2.45) is 0 Å². The number of amides is 3. The summed E-state index contributed by atoms with van der Waals surface area (Å²) in [5.41, 5.74) is 4.42. The predicted octanol–water partition coefficient (Wildman–Crippen LogP) is 5.68. The summed E-state index contributed by atoms with van der Waals surface area (Å²) >= 11 is 0.780. The van der Waals surface area contributed by atoms with Gasteiger partial charge in [-0.15, -0.1) is 0 Å². The van der Waals surface area contributed by atoms with E-state index in [1.807, 2.05) is 49.4 Å². The number of thioether (sulfide) groups is 1. The Morgan fingerprint density at radius 2 is 1.76 bits per heavy atom. The Kier molecular flexibility index (Phi) is 6.81.